The number of rotatable bonds is 6. The summed E-state index contributed by atoms with van der Waals surface area (Å²) in [5, 5.41) is 3.54. The molecule has 1 aliphatic rings. The molecule has 1 aromatic rings. The summed E-state index contributed by atoms with van der Waals surface area (Å²) in [5.74, 6) is 0.880. The van der Waals surface area contributed by atoms with E-state index in [2.05, 4.69) is 34.3 Å². The molecule has 0 aliphatic carbocycles. The molecule has 0 unspecified atom stereocenters. The van der Waals surface area contributed by atoms with Crippen LogP contribution in [0.15, 0.2) is 24.5 Å². The van der Waals surface area contributed by atoms with E-state index in [0.717, 1.165) is 19.0 Å². The third kappa shape index (κ3) is 4.39. The van der Waals surface area contributed by atoms with Gasteiger partial charge in [0.1, 0.15) is 0 Å². The first-order valence-electron chi connectivity index (χ1n) is 7.20. The van der Waals surface area contributed by atoms with E-state index in [1.54, 1.807) is 0 Å². The Morgan fingerprint density at radius 3 is 2.67 bits per heavy atom. The van der Waals surface area contributed by atoms with Gasteiger partial charge >= 0.3 is 0 Å². The van der Waals surface area contributed by atoms with Gasteiger partial charge in [-0.3, -0.25) is 9.88 Å². The van der Waals surface area contributed by atoms with Crippen LogP contribution in [0.5, 0.6) is 0 Å². The highest BCUT2D eigenvalue weighted by molar-refractivity contribution is 5.09. The van der Waals surface area contributed by atoms with Crippen molar-refractivity contribution in [2.75, 3.05) is 26.2 Å². The molecule has 0 spiro atoms. The molecule has 1 saturated heterocycles. The largest absolute Gasteiger partial charge is 0.316 e. The summed E-state index contributed by atoms with van der Waals surface area (Å²) in [7, 11) is 0. The van der Waals surface area contributed by atoms with Gasteiger partial charge in [0.25, 0.3) is 0 Å². The Bertz CT molecular complexity index is 318. The van der Waals surface area contributed by atoms with Crippen molar-refractivity contribution in [3.05, 3.63) is 30.1 Å². The van der Waals surface area contributed by atoms with Gasteiger partial charge in [-0.1, -0.05) is 6.92 Å². The van der Waals surface area contributed by atoms with Gasteiger partial charge in [-0.2, -0.15) is 0 Å². The Balaban J connectivity index is 1.67. The van der Waals surface area contributed by atoms with Gasteiger partial charge in [-0.25, -0.2) is 0 Å². The Hall–Kier alpha value is -0.930. The molecule has 18 heavy (non-hydrogen) atoms. The molecule has 3 nitrogen and oxygen atoms in total. The van der Waals surface area contributed by atoms with Gasteiger partial charge in [-0.05, 0) is 69.1 Å². The molecule has 0 saturated carbocycles. The highest BCUT2D eigenvalue weighted by Crippen LogP contribution is 2.18. The molecule has 1 aromatic heterocycles. The zero-order chi connectivity index (χ0) is 12.6. The smallest absolute Gasteiger partial charge is 0.0271 e. The van der Waals surface area contributed by atoms with Crippen LogP contribution in [0.4, 0.5) is 0 Å². The third-order valence-electron chi connectivity index (χ3n) is 3.72. The fourth-order valence-electron chi connectivity index (χ4n) is 2.58. The molecule has 1 fully saturated rings. The average Bonchev–Trinajstić information content (AvgIpc) is 2.42. The molecular weight excluding hydrogens is 222 g/mol. The quantitative estimate of drug-likeness (QED) is 0.782. The van der Waals surface area contributed by atoms with Crippen molar-refractivity contribution < 1.29 is 0 Å². The number of piperidine rings is 1. The molecule has 0 aromatic carbocycles. The topological polar surface area (TPSA) is 28.2 Å². The van der Waals surface area contributed by atoms with Crippen molar-refractivity contribution in [1.29, 1.82) is 0 Å². The monoisotopic (exact) mass is 247 g/mol. The maximum absolute atomic E-state index is 4.07. The second kappa shape index (κ2) is 7.49. The molecule has 0 amide bonds. The maximum Gasteiger partial charge on any atom is 0.0271 e. The molecule has 1 N–H and O–H groups in total. The van der Waals surface area contributed by atoms with Crippen molar-refractivity contribution in [1.82, 2.24) is 15.2 Å². The first kappa shape index (κ1) is 13.5. The first-order valence-corrected chi connectivity index (χ1v) is 7.20. The molecule has 100 valence electrons. The van der Waals surface area contributed by atoms with Crippen molar-refractivity contribution >= 4 is 0 Å². The summed E-state index contributed by atoms with van der Waals surface area (Å²) in [6.45, 7) is 8.15. The van der Waals surface area contributed by atoms with Crippen LogP contribution in [-0.4, -0.2) is 36.1 Å². The second-order valence-corrected chi connectivity index (χ2v) is 5.28. The van der Waals surface area contributed by atoms with Crippen LogP contribution in [-0.2, 0) is 6.54 Å². The third-order valence-corrected chi connectivity index (χ3v) is 3.72. The zero-order valence-corrected chi connectivity index (χ0v) is 11.4. The lowest BCUT2D eigenvalue weighted by atomic mass is 9.96. The van der Waals surface area contributed by atoms with Crippen LogP contribution < -0.4 is 5.32 Å². The normalized spacial score (nSPS) is 18.1. The van der Waals surface area contributed by atoms with Gasteiger partial charge in [0, 0.05) is 18.9 Å². The molecule has 2 rings (SSSR count). The lowest BCUT2D eigenvalue weighted by molar-refractivity contribution is 0.175. The number of aromatic nitrogens is 1. The van der Waals surface area contributed by atoms with E-state index in [4.69, 9.17) is 0 Å². The Morgan fingerprint density at radius 2 is 2.00 bits per heavy atom. The number of pyridine rings is 1. The summed E-state index contributed by atoms with van der Waals surface area (Å²) in [4.78, 5) is 6.63. The van der Waals surface area contributed by atoms with E-state index in [-0.39, 0.29) is 0 Å². The molecular formula is C15H25N3. The summed E-state index contributed by atoms with van der Waals surface area (Å²) < 4.78 is 0. The van der Waals surface area contributed by atoms with Crippen molar-refractivity contribution in [2.45, 2.75) is 32.7 Å². The summed E-state index contributed by atoms with van der Waals surface area (Å²) in [5.41, 5.74) is 1.38. The molecule has 2 heterocycles. The molecule has 1 aliphatic heterocycles. The lowest BCUT2D eigenvalue weighted by Gasteiger charge is -2.32. The average molecular weight is 247 g/mol. The van der Waals surface area contributed by atoms with Gasteiger partial charge in [0.2, 0.25) is 0 Å². The maximum atomic E-state index is 4.07. The summed E-state index contributed by atoms with van der Waals surface area (Å²) in [6.07, 6.45) is 7.68. The summed E-state index contributed by atoms with van der Waals surface area (Å²) in [6, 6.07) is 4.24. The van der Waals surface area contributed by atoms with Crippen LogP contribution in [0.25, 0.3) is 0 Å². The molecule has 0 atom stereocenters. The van der Waals surface area contributed by atoms with E-state index >= 15 is 0 Å². The standard InChI is InChI=1S/C15H25N3/c1-2-7-17-12-14-5-10-18(11-6-14)13-15-3-8-16-9-4-15/h3-4,8-9,14,17H,2,5-7,10-13H2,1H3. The number of hydrogen-bond acceptors (Lipinski definition) is 3. The van der Waals surface area contributed by atoms with Crippen molar-refractivity contribution in [3.8, 4) is 0 Å². The van der Waals surface area contributed by atoms with Crippen LogP contribution in [0.1, 0.15) is 31.7 Å². The van der Waals surface area contributed by atoms with Crippen LogP contribution in [0, 0.1) is 5.92 Å². The number of nitrogens with one attached hydrogen (secondary N) is 1. The SMILES string of the molecule is CCCNCC1CCN(Cc2ccncc2)CC1. The fourth-order valence-corrected chi connectivity index (χ4v) is 2.58. The van der Waals surface area contributed by atoms with Gasteiger partial charge in [0.05, 0.1) is 0 Å². The van der Waals surface area contributed by atoms with Gasteiger partial charge in [0.15, 0.2) is 0 Å². The predicted octanol–water partition coefficient (Wildman–Crippen LogP) is 2.29. The number of nitrogens with zero attached hydrogens (tertiary/aromatic N) is 2. The number of hydrogen-bond donors (Lipinski definition) is 1. The minimum atomic E-state index is 0.880. The van der Waals surface area contributed by atoms with Crippen LogP contribution in [0.2, 0.25) is 0 Å². The van der Waals surface area contributed by atoms with E-state index < -0.39 is 0 Å². The summed E-state index contributed by atoms with van der Waals surface area (Å²) >= 11 is 0. The van der Waals surface area contributed by atoms with Gasteiger partial charge < -0.3 is 5.32 Å². The molecule has 0 bridgehead atoms. The zero-order valence-electron chi connectivity index (χ0n) is 11.4. The minimum absolute atomic E-state index is 0.880. The van der Waals surface area contributed by atoms with Crippen molar-refractivity contribution in [3.63, 3.8) is 0 Å². The second-order valence-electron chi connectivity index (χ2n) is 5.28. The van der Waals surface area contributed by atoms with Crippen LogP contribution in [0.3, 0.4) is 0 Å². The Morgan fingerprint density at radius 1 is 1.28 bits per heavy atom. The molecule has 0 radical (unpaired) electrons. The lowest BCUT2D eigenvalue weighted by Crippen LogP contribution is -2.37. The predicted molar refractivity (Wildman–Crippen MR) is 75.4 cm³/mol. The first-order chi connectivity index (χ1) is 8.88. The minimum Gasteiger partial charge on any atom is -0.316 e. The Labute approximate surface area is 111 Å². The van der Waals surface area contributed by atoms with Gasteiger partial charge in [-0.15, -0.1) is 0 Å². The Kier molecular flexibility index (Phi) is 5.62. The highest BCUT2D eigenvalue weighted by Gasteiger charge is 2.18. The van der Waals surface area contributed by atoms with E-state index in [9.17, 15) is 0 Å². The number of likely N-dealkylation sites (tertiary alicyclic amines) is 1. The van der Waals surface area contributed by atoms with Crippen LogP contribution >= 0.6 is 0 Å². The van der Waals surface area contributed by atoms with E-state index in [1.807, 2.05) is 12.4 Å². The fraction of sp³-hybridized carbons (Fsp3) is 0.667. The van der Waals surface area contributed by atoms with Crippen molar-refractivity contribution in [2.24, 2.45) is 5.92 Å². The molecule has 3 heteroatoms. The van der Waals surface area contributed by atoms with E-state index in [1.165, 1.54) is 44.5 Å². The van der Waals surface area contributed by atoms with E-state index in [0.29, 0.717) is 0 Å². The highest BCUT2D eigenvalue weighted by atomic mass is 15.1.